The second-order valence-corrected chi connectivity index (χ2v) is 8.96. The average Bonchev–Trinajstić information content (AvgIpc) is 2.84. The van der Waals surface area contributed by atoms with Gasteiger partial charge in [-0.15, -0.1) is 0 Å². The highest BCUT2D eigenvalue weighted by Gasteiger charge is 2.42. The molecule has 3 atom stereocenters. The molecule has 0 radical (unpaired) electrons. The second-order valence-electron chi connectivity index (χ2n) is 6.74. The Morgan fingerprint density at radius 3 is 2.58 bits per heavy atom. The Bertz CT molecular complexity index is 549. The molecule has 24 heavy (non-hydrogen) atoms. The number of rotatable bonds is 4. The quantitative estimate of drug-likeness (QED) is 0.588. The Morgan fingerprint density at radius 1 is 1.25 bits per heavy atom. The van der Waals surface area contributed by atoms with E-state index >= 15 is 0 Å². The number of halogens is 3. The van der Waals surface area contributed by atoms with E-state index in [1.54, 1.807) is 0 Å². The lowest BCUT2D eigenvalue weighted by Crippen LogP contribution is -2.47. The number of nitrogens with zero attached hydrogens (tertiary/aromatic N) is 1. The van der Waals surface area contributed by atoms with Crippen LogP contribution in [0.1, 0.15) is 39.0 Å². The third-order valence-electron chi connectivity index (χ3n) is 4.66. The Hall–Kier alpha value is -0.990. The fourth-order valence-corrected chi connectivity index (χ4v) is 5.22. The normalized spacial score (nSPS) is 31.0. The number of hydrogen-bond acceptors (Lipinski definition) is 3. The molecule has 2 fully saturated rings. The first-order valence-electron chi connectivity index (χ1n) is 8.51. The SMILES string of the molecule is CCNC(=NCC1CCS(=O)(=O)C1)NC1CCCC(C(F)(F)F)C1. The highest BCUT2D eigenvalue weighted by Crippen LogP contribution is 2.37. The van der Waals surface area contributed by atoms with Crippen molar-refractivity contribution in [1.82, 2.24) is 10.6 Å². The van der Waals surface area contributed by atoms with Crippen LogP contribution in [0.4, 0.5) is 13.2 Å². The number of hydrogen-bond donors (Lipinski definition) is 2. The van der Waals surface area contributed by atoms with Crippen molar-refractivity contribution < 1.29 is 21.6 Å². The first kappa shape index (κ1) is 19.3. The van der Waals surface area contributed by atoms with Crippen LogP contribution >= 0.6 is 0 Å². The van der Waals surface area contributed by atoms with Crippen LogP contribution in [0.25, 0.3) is 0 Å². The lowest BCUT2D eigenvalue weighted by molar-refractivity contribution is -0.183. The summed E-state index contributed by atoms with van der Waals surface area (Å²) in [4.78, 5) is 4.39. The van der Waals surface area contributed by atoms with Gasteiger partial charge in [0.05, 0.1) is 17.4 Å². The summed E-state index contributed by atoms with van der Waals surface area (Å²) in [5.41, 5.74) is 0. The van der Waals surface area contributed by atoms with Crippen LogP contribution in [-0.2, 0) is 9.84 Å². The van der Waals surface area contributed by atoms with Crippen LogP contribution in [0, 0.1) is 11.8 Å². The largest absolute Gasteiger partial charge is 0.391 e. The molecule has 1 saturated heterocycles. The fourth-order valence-electron chi connectivity index (χ4n) is 3.37. The fraction of sp³-hybridized carbons (Fsp3) is 0.933. The first-order chi connectivity index (χ1) is 11.2. The lowest BCUT2D eigenvalue weighted by atomic mass is 9.85. The number of guanidine groups is 1. The minimum absolute atomic E-state index is 0.000245. The number of nitrogens with one attached hydrogen (secondary N) is 2. The highest BCUT2D eigenvalue weighted by molar-refractivity contribution is 7.91. The van der Waals surface area contributed by atoms with Gasteiger partial charge in [0.1, 0.15) is 0 Å². The number of alkyl halides is 3. The van der Waals surface area contributed by atoms with Gasteiger partial charge in [-0.05, 0) is 38.5 Å². The summed E-state index contributed by atoms with van der Waals surface area (Å²) in [6.45, 7) is 2.87. The zero-order valence-electron chi connectivity index (χ0n) is 13.9. The van der Waals surface area contributed by atoms with E-state index in [0.717, 1.165) is 0 Å². The molecule has 0 aromatic rings. The molecule has 1 heterocycles. The van der Waals surface area contributed by atoms with E-state index in [-0.39, 0.29) is 36.3 Å². The Balaban J connectivity index is 1.91. The molecular weight excluding hydrogens is 343 g/mol. The van der Waals surface area contributed by atoms with Crippen molar-refractivity contribution in [2.24, 2.45) is 16.8 Å². The molecule has 1 aliphatic heterocycles. The summed E-state index contributed by atoms with van der Waals surface area (Å²) in [6.07, 6.45) is -2.06. The predicted octanol–water partition coefficient (Wildman–Crippen LogP) is 2.10. The van der Waals surface area contributed by atoms with Crippen molar-refractivity contribution in [3.05, 3.63) is 0 Å². The second kappa shape index (κ2) is 7.93. The molecule has 2 N–H and O–H groups in total. The van der Waals surface area contributed by atoms with Gasteiger partial charge in [0.2, 0.25) is 0 Å². The van der Waals surface area contributed by atoms with Crippen molar-refractivity contribution in [2.45, 2.75) is 51.2 Å². The van der Waals surface area contributed by atoms with E-state index in [4.69, 9.17) is 0 Å². The molecule has 1 aliphatic carbocycles. The molecule has 9 heteroatoms. The average molecular weight is 369 g/mol. The van der Waals surface area contributed by atoms with Gasteiger partial charge in [-0.1, -0.05) is 6.42 Å². The monoisotopic (exact) mass is 369 g/mol. The van der Waals surface area contributed by atoms with Crippen molar-refractivity contribution in [3.63, 3.8) is 0 Å². The molecule has 1 saturated carbocycles. The summed E-state index contributed by atoms with van der Waals surface area (Å²) in [5.74, 6) is -0.427. The predicted molar refractivity (Wildman–Crippen MR) is 87.7 cm³/mol. The maximum absolute atomic E-state index is 12.9. The Labute approximate surface area is 141 Å². The van der Waals surface area contributed by atoms with E-state index < -0.39 is 21.9 Å². The number of aliphatic imine (C=N–C) groups is 1. The van der Waals surface area contributed by atoms with E-state index in [2.05, 4.69) is 15.6 Å². The van der Waals surface area contributed by atoms with Gasteiger partial charge >= 0.3 is 6.18 Å². The lowest BCUT2D eigenvalue weighted by Gasteiger charge is -2.32. The molecule has 0 aromatic carbocycles. The third kappa shape index (κ3) is 5.82. The summed E-state index contributed by atoms with van der Waals surface area (Å²) >= 11 is 0. The smallest absolute Gasteiger partial charge is 0.357 e. The molecule has 0 bridgehead atoms. The van der Waals surface area contributed by atoms with Crippen molar-refractivity contribution in [1.29, 1.82) is 0 Å². The van der Waals surface area contributed by atoms with E-state index in [9.17, 15) is 21.6 Å². The van der Waals surface area contributed by atoms with Gasteiger partial charge < -0.3 is 10.6 Å². The topological polar surface area (TPSA) is 70.6 Å². The Morgan fingerprint density at radius 2 is 2.00 bits per heavy atom. The van der Waals surface area contributed by atoms with E-state index in [1.807, 2.05) is 6.92 Å². The molecule has 140 valence electrons. The van der Waals surface area contributed by atoms with Gasteiger partial charge in [-0.25, -0.2) is 8.42 Å². The molecule has 2 aliphatic rings. The van der Waals surface area contributed by atoms with Gasteiger partial charge in [-0.2, -0.15) is 13.2 Å². The summed E-state index contributed by atoms with van der Waals surface area (Å²) in [6, 6.07) is -0.254. The van der Waals surface area contributed by atoms with E-state index in [0.29, 0.717) is 38.3 Å². The van der Waals surface area contributed by atoms with Gasteiger partial charge in [0, 0.05) is 19.1 Å². The third-order valence-corrected chi connectivity index (χ3v) is 6.49. The highest BCUT2D eigenvalue weighted by atomic mass is 32.2. The summed E-state index contributed by atoms with van der Waals surface area (Å²) in [5, 5.41) is 6.13. The van der Waals surface area contributed by atoms with Crippen molar-refractivity contribution >= 4 is 15.8 Å². The first-order valence-corrected chi connectivity index (χ1v) is 10.3. The standard InChI is InChI=1S/C15H26F3N3O2S/c1-2-19-14(20-9-11-6-7-24(22,23)10-11)21-13-5-3-4-12(8-13)15(16,17)18/h11-13H,2-10H2,1H3,(H2,19,20,21). The van der Waals surface area contributed by atoms with Crippen molar-refractivity contribution in [3.8, 4) is 0 Å². The maximum Gasteiger partial charge on any atom is 0.391 e. The Kier molecular flexibility index (Phi) is 6.39. The van der Waals surface area contributed by atoms with Crippen LogP contribution in [0.15, 0.2) is 4.99 Å². The van der Waals surface area contributed by atoms with Gasteiger partial charge in [-0.3, -0.25) is 4.99 Å². The molecular formula is C15H26F3N3O2S. The zero-order valence-corrected chi connectivity index (χ0v) is 14.7. The van der Waals surface area contributed by atoms with Crippen LogP contribution < -0.4 is 10.6 Å². The zero-order chi connectivity index (χ0) is 17.8. The minimum Gasteiger partial charge on any atom is -0.357 e. The molecule has 0 aromatic heterocycles. The maximum atomic E-state index is 12.9. The number of sulfone groups is 1. The molecule has 0 amide bonds. The van der Waals surface area contributed by atoms with Gasteiger partial charge in [0.15, 0.2) is 15.8 Å². The van der Waals surface area contributed by atoms with Crippen LogP contribution in [-0.4, -0.2) is 51.2 Å². The van der Waals surface area contributed by atoms with Crippen LogP contribution in [0.3, 0.4) is 0 Å². The summed E-state index contributed by atoms with van der Waals surface area (Å²) < 4.78 is 61.6. The molecule has 3 unspecified atom stereocenters. The van der Waals surface area contributed by atoms with Crippen LogP contribution in [0.2, 0.25) is 0 Å². The van der Waals surface area contributed by atoms with E-state index in [1.165, 1.54) is 0 Å². The van der Waals surface area contributed by atoms with Gasteiger partial charge in [0.25, 0.3) is 0 Å². The molecule has 0 spiro atoms. The minimum atomic E-state index is -4.14. The van der Waals surface area contributed by atoms with Crippen molar-refractivity contribution in [2.75, 3.05) is 24.6 Å². The molecule has 2 rings (SSSR count). The molecule has 5 nitrogen and oxygen atoms in total. The van der Waals surface area contributed by atoms with Crippen LogP contribution in [0.5, 0.6) is 0 Å². The summed E-state index contributed by atoms with van der Waals surface area (Å²) in [7, 11) is -2.94.